The van der Waals surface area contributed by atoms with E-state index < -0.39 is 5.41 Å². The molecule has 23 heavy (non-hydrogen) atoms. The number of guanidine groups is 1. The van der Waals surface area contributed by atoms with E-state index in [4.69, 9.17) is 0 Å². The number of amides is 1. The molecule has 7 heteroatoms. The topological polar surface area (TPSA) is 65.5 Å². The number of aliphatic imine (C=N–C) groups is 1. The zero-order chi connectivity index (χ0) is 16.6. The molecular weight excluding hydrogens is 423 g/mol. The quantitative estimate of drug-likeness (QED) is 0.313. The minimum absolute atomic E-state index is 0. The number of hydrogen-bond donors (Lipinski definition) is 3. The lowest BCUT2D eigenvalue weighted by Gasteiger charge is -2.23. The second-order valence-corrected chi connectivity index (χ2v) is 7.59. The SMILES string of the molecule is CCNC(=O)C(C)(C)CN=C(NCC)NC1CCC(SC)C1.I. The summed E-state index contributed by atoms with van der Waals surface area (Å²) >= 11 is 1.95. The lowest BCUT2D eigenvalue weighted by Crippen LogP contribution is -2.44. The molecule has 1 saturated carbocycles. The third-order valence-electron chi connectivity index (χ3n) is 3.99. The Morgan fingerprint density at radius 1 is 1.22 bits per heavy atom. The van der Waals surface area contributed by atoms with Crippen LogP contribution < -0.4 is 16.0 Å². The van der Waals surface area contributed by atoms with Crippen LogP contribution in [0.5, 0.6) is 0 Å². The Labute approximate surface area is 162 Å². The first kappa shape index (κ1) is 22.8. The van der Waals surface area contributed by atoms with Crippen LogP contribution in [0.15, 0.2) is 4.99 Å². The van der Waals surface area contributed by atoms with E-state index in [1.165, 1.54) is 19.3 Å². The largest absolute Gasteiger partial charge is 0.357 e. The molecule has 136 valence electrons. The summed E-state index contributed by atoms with van der Waals surface area (Å²) in [7, 11) is 0. The molecule has 0 aromatic carbocycles. The van der Waals surface area contributed by atoms with Crippen LogP contribution in [0.25, 0.3) is 0 Å². The molecule has 0 aromatic rings. The maximum absolute atomic E-state index is 12.0. The number of rotatable bonds is 7. The summed E-state index contributed by atoms with van der Waals surface area (Å²) in [6, 6.07) is 0.489. The predicted octanol–water partition coefficient (Wildman–Crippen LogP) is 2.61. The summed E-state index contributed by atoms with van der Waals surface area (Å²) < 4.78 is 0. The van der Waals surface area contributed by atoms with Crippen molar-refractivity contribution in [1.29, 1.82) is 0 Å². The highest BCUT2D eigenvalue weighted by atomic mass is 127. The molecule has 0 saturated heterocycles. The lowest BCUT2D eigenvalue weighted by molar-refractivity contribution is -0.128. The first-order chi connectivity index (χ1) is 10.4. The molecular formula is C16H33IN4OS. The maximum Gasteiger partial charge on any atom is 0.227 e. The molecule has 1 aliphatic rings. The van der Waals surface area contributed by atoms with Crippen molar-refractivity contribution in [1.82, 2.24) is 16.0 Å². The van der Waals surface area contributed by atoms with Gasteiger partial charge in [0.05, 0.1) is 12.0 Å². The van der Waals surface area contributed by atoms with E-state index in [1.807, 2.05) is 32.5 Å². The molecule has 2 unspecified atom stereocenters. The first-order valence-corrected chi connectivity index (χ1v) is 9.57. The summed E-state index contributed by atoms with van der Waals surface area (Å²) in [6.07, 6.45) is 5.82. The smallest absolute Gasteiger partial charge is 0.227 e. The molecule has 1 aliphatic carbocycles. The van der Waals surface area contributed by atoms with E-state index >= 15 is 0 Å². The molecule has 1 rings (SSSR count). The van der Waals surface area contributed by atoms with E-state index in [9.17, 15) is 4.79 Å². The summed E-state index contributed by atoms with van der Waals surface area (Å²) in [5.74, 6) is 0.879. The molecule has 1 fully saturated rings. The highest BCUT2D eigenvalue weighted by molar-refractivity contribution is 14.0. The summed E-state index contributed by atoms with van der Waals surface area (Å²) in [5, 5.41) is 10.4. The van der Waals surface area contributed by atoms with Crippen molar-refractivity contribution in [3.8, 4) is 0 Å². The van der Waals surface area contributed by atoms with Gasteiger partial charge in [-0.05, 0) is 53.2 Å². The fourth-order valence-corrected chi connectivity index (χ4v) is 3.34. The Bertz CT molecular complexity index is 390. The Balaban J connectivity index is 0.00000484. The number of carbonyl (C=O) groups excluding carboxylic acids is 1. The van der Waals surface area contributed by atoms with Crippen molar-refractivity contribution >= 4 is 47.6 Å². The van der Waals surface area contributed by atoms with E-state index in [2.05, 4.69) is 34.1 Å². The number of nitrogens with one attached hydrogen (secondary N) is 3. The standard InChI is InChI=1S/C16H32N4OS.HI/c1-6-17-14(21)16(3,4)11-19-15(18-7-2)20-12-8-9-13(10-12)22-5;/h12-13H,6-11H2,1-5H3,(H,17,21)(H2,18,19,20);1H. The van der Waals surface area contributed by atoms with Gasteiger partial charge in [-0.1, -0.05) is 0 Å². The van der Waals surface area contributed by atoms with Gasteiger partial charge in [0.25, 0.3) is 0 Å². The van der Waals surface area contributed by atoms with E-state index in [0.29, 0.717) is 19.1 Å². The monoisotopic (exact) mass is 456 g/mol. The Morgan fingerprint density at radius 2 is 1.87 bits per heavy atom. The van der Waals surface area contributed by atoms with Gasteiger partial charge in [-0.25, -0.2) is 0 Å². The van der Waals surface area contributed by atoms with Gasteiger partial charge in [0.1, 0.15) is 0 Å². The molecule has 0 radical (unpaired) electrons. The number of thioether (sulfide) groups is 1. The van der Waals surface area contributed by atoms with E-state index in [1.54, 1.807) is 0 Å². The number of halogens is 1. The number of carbonyl (C=O) groups is 1. The van der Waals surface area contributed by atoms with Gasteiger partial charge in [-0.15, -0.1) is 24.0 Å². The molecule has 0 aliphatic heterocycles. The van der Waals surface area contributed by atoms with Crippen LogP contribution in [0, 0.1) is 5.41 Å². The molecule has 5 nitrogen and oxygen atoms in total. The molecule has 0 heterocycles. The normalized spacial score (nSPS) is 21.5. The fraction of sp³-hybridized carbons (Fsp3) is 0.875. The highest BCUT2D eigenvalue weighted by Crippen LogP contribution is 2.28. The molecule has 0 bridgehead atoms. The van der Waals surface area contributed by atoms with Gasteiger partial charge in [0.2, 0.25) is 5.91 Å². The van der Waals surface area contributed by atoms with Gasteiger partial charge in [0.15, 0.2) is 5.96 Å². The van der Waals surface area contributed by atoms with Crippen LogP contribution in [0.2, 0.25) is 0 Å². The second kappa shape index (κ2) is 11.4. The van der Waals surface area contributed by atoms with Crippen LogP contribution in [0.1, 0.15) is 47.0 Å². The van der Waals surface area contributed by atoms with Gasteiger partial charge in [0, 0.05) is 24.4 Å². The highest BCUT2D eigenvalue weighted by Gasteiger charge is 2.28. The molecule has 1 amide bonds. The predicted molar refractivity (Wildman–Crippen MR) is 112 cm³/mol. The van der Waals surface area contributed by atoms with Crippen molar-refractivity contribution in [2.24, 2.45) is 10.4 Å². The minimum atomic E-state index is -0.490. The Morgan fingerprint density at radius 3 is 2.39 bits per heavy atom. The minimum Gasteiger partial charge on any atom is -0.357 e. The van der Waals surface area contributed by atoms with Crippen LogP contribution >= 0.6 is 35.7 Å². The van der Waals surface area contributed by atoms with Crippen LogP contribution in [0.3, 0.4) is 0 Å². The van der Waals surface area contributed by atoms with Crippen molar-refractivity contribution in [3.05, 3.63) is 0 Å². The van der Waals surface area contributed by atoms with Gasteiger partial charge < -0.3 is 16.0 Å². The maximum atomic E-state index is 12.0. The van der Waals surface area contributed by atoms with Crippen molar-refractivity contribution in [3.63, 3.8) is 0 Å². The zero-order valence-electron chi connectivity index (χ0n) is 15.1. The van der Waals surface area contributed by atoms with Crippen molar-refractivity contribution < 1.29 is 4.79 Å². The van der Waals surface area contributed by atoms with Crippen LogP contribution in [-0.4, -0.2) is 49.0 Å². The summed E-state index contributed by atoms with van der Waals surface area (Å²) in [6.45, 7) is 9.83. The molecule has 3 N–H and O–H groups in total. The van der Waals surface area contributed by atoms with Crippen molar-refractivity contribution in [2.75, 3.05) is 25.9 Å². The summed E-state index contributed by atoms with van der Waals surface area (Å²) in [4.78, 5) is 16.7. The second-order valence-electron chi connectivity index (χ2n) is 6.45. The molecule has 0 aromatic heterocycles. The van der Waals surface area contributed by atoms with Crippen LogP contribution in [0.4, 0.5) is 0 Å². The number of nitrogens with zero attached hydrogens (tertiary/aromatic N) is 1. The Kier molecular flexibility index (Phi) is 11.3. The van der Waals surface area contributed by atoms with Crippen molar-refractivity contribution in [2.45, 2.75) is 58.2 Å². The third kappa shape index (κ3) is 7.96. The summed E-state index contributed by atoms with van der Waals surface area (Å²) in [5.41, 5.74) is -0.490. The molecule has 0 spiro atoms. The van der Waals surface area contributed by atoms with Gasteiger partial charge in [-0.2, -0.15) is 11.8 Å². The van der Waals surface area contributed by atoms with E-state index in [0.717, 1.165) is 17.8 Å². The van der Waals surface area contributed by atoms with E-state index in [-0.39, 0.29) is 29.9 Å². The fourth-order valence-electron chi connectivity index (χ4n) is 2.55. The van der Waals surface area contributed by atoms with Gasteiger partial charge >= 0.3 is 0 Å². The third-order valence-corrected chi connectivity index (χ3v) is 5.08. The number of hydrogen-bond acceptors (Lipinski definition) is 3. The molecule has 2 atom stereocenters. The first-order valence-electron chi connectivity index (χ1n) is 8.28. The average molecular weight is 456 g/mol. The van der Waals surface area contributed by atoms with Crippen LogP contribution in [-0.2, 0) is 4.79 Å². The Hall–Kier alpha value is -0.180. The average Bonchev–Trinajstić information content (AvgIpc) is 2.93. The lowest BCUT2D eigenvalue weighted by atomic mass is 9.92. The van der Waals surface area contributed by atoms with Gasteiger partial charge in [-0.3, -0.25) is 9.79 Å². The zero-order valence-corrected chi connectivity index (χ0v) is 18.2.